The number of aromatic nitrogens is 6. The van der Waals surface area contributed by atoms with Crippen LogP contribution in [0.15, 0.2) is 42.7 Å². The summed E-state index contributed by atoms with van der Waals surface area (Å²) in [5.41, 5.74) is -0.0802. The van der Waals surface area contributed by atoms with Gasteiger partial charge in [-0.2, -0.15) is 17.6 Å². The topological polar surface area (TPSA) is 61.4 Å². The highest BCUT2D eigenvalue weighted by Crippen LogP contribution is 2.29. The average Bonchev–Trinajstić information content (AvgIpc) is 3.24. The second kappa shape index (κ2) is 6.70. The molecule has 0 aliphatic heterocycles. The summed E-state index contributed by atoms with van der Waals surface area (Å²) in [5, 5.41) is 0. The highest BCUT2D eigenvalue weighted by molar-refractivity contribution is 5.72. The van der Waals surface area contributed by atoms with Crippen molar-refractivity contribution >= 4 is 11.2 Å². The number of hydrogen-bond acceptors (Lipinski definition) is 4. The van der Waals surface area contributed by atoms with Crippen LogP contribution in [0.3, 0.4) is 0 Å². The van der Waals surface area contributed by atoms with Crippen LogP contribution in [-0.2, 0) is 19.3 Å². The summed E-state index contributed by atoms with van der Waals surface area (Å²) in [7, 11) is 0. The lowest BCUT2D eigenvalue weighted by atomic mass is 10.3. The minimum absolute atomic E-state index is 0.165. The molecule has 0 N–H and O–H groups in total. The summed E-state index contributed by atoms with van der Waals surface area (Å²) in [6.45, 7) is 2.41. The SMILES string of the molecule is CCn1c(Cn2ccnc2-c2cccc(F)n2)nc2ccc(C(F)(F)F)nc21. The minimum atomic E-state index is -4.53. The van der Waals surface area contributed by atoms with Crippen LogP contribution in [0.2, 0.25) is 0 Å². The second-order valence-electron chi connectivity index (χ2n) is 6.03. The van der Waals surface area contributed by atoms with Crippen molar-refractivity contribution in [2.24, 2.45) is 0 Å². The Morgan fingerprint density at radius 2 is 1.86 bits per heavy atom. The largest absolute Gasteiger partial charge is 0.433 e. The Morgan fingerprint density at radius 1 is 1.04 bits per heavy atom. The van der Waals surface area contributed by atoms with Crippen LogP contribution in [0.5, 0.6) is 0 Å². The molecule has 0 saturated carbocycles. The molecule has 0 bridgehead atoms. The zero-order chi connectivity index (χ0) is 19.9. The molecule has 4 aromatic heterocycles. The van der Waals surface area contributed by atoms with Gasteiger partial charge < -0.3 is 9.13 Å². The van der Waals surface area contributed by atoms with Gasteiger partial charge in [-0.15, -0.1) is 0 Å². The van der Waals surface area contributed by atoms with E-state index in [4.69, 9.17) is 0 Å². The average molecular weight is 390 g/mol. The Morgan fingerprint density at radius 3 is 2.57 bits per heavy atom. The fraction of sp³-hybridized carbons (Fsp3) is 0.222. The van der Waals surface area contributed by atoms with Crippen LogP contribution in [0.4, 0.5) is 17.6 Å². The molecule has 0 atom stereocenters. The van der Waals surface area contributed by atoms with Gasteiger partial charge in [-0.3, -0.25) is 0 Å². The third-order valence-electron chi connectivity index (χ3n) is 4.25. The smallest absolute Gasteiger partial charge is 0.322 e. The zero-order valence-electron chi connectivity index (χ0n) is 14.7. The first-order valence-corrected chi connectivity index (χ1v) is 8.44. The van der Waals surface area contributed by atoms with Crippen molar-refractivity contribution in [1.82, 2.24) is 29.1 Å². The van der Waals surface area contributed by atoms with Gasteiger partial charge in [0.2, 0.25) is 5.95 Å². The quantitative estimate of drug-likeness (QED) is 0.392. The van der Waals surface area contributed by atoms with Crippen LogP contribution >= 0.6 is 0 Å². The molecule has 0 fully saturated rings. The van der Waals surface area contributed by atoms with Crippen molar-refractivity contribution in [2.45, 2.75) is 26.2 Å². The van der Waals surface area contributed by atoms with E-state index in [9.17, 15) is 17.6 Å². The van der Waals surface area contributed by atoms with Crippen LogP contribution in [-0.4, -0.2) is 29.1 Å². The number of alkyl halides is 3. The first-order valence-electron chi connectivity index (χ1n) is 8.44. The highest BCUT2D eigenvalue weighted by atomic mass is 19.4. The fourth-order valence-corrected chi connectivity index (χ4v) is 3.01. The van der Waals surface area contributed by atoms with Crippen LogP contribution in [0.1, 0.15) is 18.4 Å². The Labute approximate surface area is 156 Å². The van der Waals surface area contributed by atoms with Crippen molar-refractivity contribution in [1.29, 1.82) is 0 Å². The molecular formula is C18H14F4N6. The number of rotatable bonds is 4. The predicted molar refractivity (Wildman–Crippen MR) is 92.7 cm³/mol. The van der Waals surface area contributed by atoms with E-state index in [1.807, 2.05) is 0 Å². The maximum Gasteiger partial charge on any atom is 0.433 e. The monoisotopic (exact) mass is 390 g/mol. The summed E-state index contributed by atoms with van der Waals surface area (Å²) in [6, 6.07) is 6.61. The van der Waals surface area contributed by atoms with E-state index >= 15 is 0 Å². The number of halogens is 4. The van der Waals surface area contributed by atoms with Crippen LogP contribution < -0.4 is 0 Å². The van der Waals surface area contributed by atoms with E-state index in [1.54, 1.807) is 34.5 Å². The van der Waals surface area contributed by atoms with Gasteiger partial charge in [-0.05, 0) is 31.2 Å². The van der Waals surface area contributed by atoms with Crippen molar-refractivity contribution in [3.8, 4) is 11.5 Å². The maximum absolute atomic E-state index is 13.4. The lowest BCUT2D eigenvalue weighted by Crippen LogP contribution is -2.11. The lowest BCUT2D eigenvalue weighted by molar-refractivity contribution is -0.141. The predicted octanol–water partition coefficient (Wildman–Crippen LogP) is 3.92. The lowest BCUT2D eigenvalue weighted by Gasteiger charge is -2.10. The standard InChI is InChI=1S/C18H14F4N6/c1-2-28-15(25-12-6-7-13(18(20,21)22)26-17(12)28)10-27-9-8-23-16(27)11-4-3-5-14(19)24-11/h3-9H,2,10H2,1H3. The normalized spacial score (nSPS) is 12.0. The summed E-state index contributed by atoms with van der Waals surface area (Å²) < 4.78 is 55.8. The van der Waals surface area contributed by atoms with Crippen LogP contribution in [0, 0.1) is 5.95 Å². The molecule has 4 aromatic rings. The molecule has 28 heavy (non-hydrogen) atoms. The summed E-state index contributed by atoms with van der Waals surface area (Å²) in [4.78, 5) is 16.2. The number of imidazole rings is 2. The molecule has 10 heteroatoms. The van der Waals surface area contributed by atoms with Gasteiger partial charge in [0.25, 0.3) is 0 Å². The molecule has 0 unspecified atom stereocenters. The van der Waals surface area contributed by atoms with Gasteiger partial charge in [-0.1, -0.05) is 6.07 Å². The van der Waals surface area contributed by atoms with Gasteiger partial charge in [0.15, 0.2) is 11.5 Å². The van der Waals surface area contributed by atoms with Crippen molar-refractivity contribution in [2.75, 3.05) is 0 Å². The molecule has 0 amide bonds. The third-order valence-corrected chi connectivity index (χ3v) is 4.25. The minimum Gasteiger partial charge on any atom is -0.322 e. The number of hydrogen-bond donors (Lipinski definition) is 0. The number of fused-ring (bicyclic) bond motifs is 1. The Bertz CT molecular complexity index is 1140. The number of aryl methyl sites for hydroxylation is 1. The van der Waals surface area contributed by atoms with Crippen LogP contribution in [0.25, 0.3) is 22.7 Å². The fourth-order valence-electron chi connectivity index (χ4n) is 3.01. The zero-order valence-corrected chi connectivity index (χ0v) is 14.7. The Hall–Kier alpha value is -3.30. The number of pyridine rings is 2. The van der Waals surface area contributed by atoms with E-state index in [2.05, 4.69) is 19.9 Å². The second-order valence-corrected chi connectivity index (χ2v) is 6.03. The maximum atomic E-state index is 13.4. The first kappa shape index (κ1) is 18.1. The van der Waals surface area contributed by atoms with Gasteiger partial charge >= 0.3 is 6.18 Å². The molecule has 0 saturated heterocycles. The molecule has 0 spiro atoms. The molecule has 144 valence electrons. The van der Waals surface area contributed by atoms with Gasteiger partial charge in [0.1, 0.15) is 22.7 Å². The molecule has 0 aliphatic rings. The molecule has 4 heterocycles. The van der Waals surface area contributed by atoms with Crippen molar-refractivity contribution in [3.05, 3.63) is 60.2 Å². The number of nitrogens with zero attached hydrogens (tertiary/aromatic N) is 6. The van der Waals surface area contributed by atoms with Gasteiger partial charge in [0.05, 0.1) is 6.54 Å². The van der Waals surface area contributed by atoms with E-state index in [-0.39, 0.29) is 12.2 Å². The summed E-state index contributed by atoms with van der Waals surface area (Å²) >= 11 is 0. The molecule has 6 nitrogen and oxygen atoms in total. The molecule has 0 radical (unpaired) electrons. The van der Waals surface area contributed by atoms with Gasteiger partial charge in [0, 0.05) is 18.9 Å². The summed E-state index contributed by atoms with van der Waals surface area (Å²) in [5.74, 6) is 0.315. The Balaban J connectivity index is 1.76. The molecule has 4 rings (SSSR count). The Kier molecular flexibility index (Phi) is 4.33. The van der Waals surface area contributed by atoms with E-state index in [0.717, 1.165) is 6.07 Å². The third kappa shape index (κ3) is 3.21. The summed E-state index contributed by atoms with van der Waals surface area (Å²) in [6.07, 6.45) is -1.31. The first-order chi connectivity index (χ1) is 13.4. The van der Waals surface area contributed by atoms with E-state index in [0.29, 0.717) is 29.4 Å². The molecule has 0 aliphatic carbocycles. The molecule has 0 aromatic carbocycles. The molecular weight excluding hydrogens is 376 g/mol. The van der Waals surface area contributed by atoms with E-state index in [1.165, 1.54) is 18.2 Å². The van der Waals surface area contributed by atoms with Crippen molar-refractivity contribution < 1.29 is 17.6 Å². The van der Waals surface area contributed by atoms with Gasteiger partial charge in [-0.25, -0.2) is 19.9 Å². The highest BCUT2D eigenvalue weighted by Gasteiger charge is 2.33. The van der Waals surface area contributed by atoms with E-state index < -0.39 is 17.8 Å². The van der Waals surface area contributed by atoms with Crippen molar-refractivity contribution in [3.63, 3.8) is 0 Å².